The number of rotatable bonds is 1. The van der Waals surface area contributed by atoms with Crippen molar-refractivity contribution in [3.8, 4) is 0 Å². The molecule has 0 aliphatic rings. The summed E-state index contributed by atoms with van der Waals surface area (Å²) in [4.78, 5) is -0.0666. The van der Waals surface area contributed by atoms with Gasteiger partial charge in [-0.3, -0.25) is 4.55 Å². The Labute approximate surface area is 88.3 Å². The van der Waals surface area contributed by atoms with Gasteiger partial charge in [0.2, 0.25) is 0 Å². The minimum absolute atomic E-state index is 0. The van der Waals surface area contributed by atoms with Crippen molar-refractivity contribution in [1.82, 2.24) is 0 Å². The van der Waals surface area contributed by atoms with Crippen molar-refractivity contribution in [3.63, 3.8) is 0 Å². The van der Waals surface area contributed by atoms with E-state index in [2.05, 4.69) is 0 Å². The van der Waals surface area contributed by atoms with Crippen LogP contribution in [-0.2, 0) is 10.1 Å². The molecule has 0 amide bonds. The maximum absolute atomic E-state index is 10.5. The van der Waals surface area contributed by atoms with Gasteiger partial charge in [-0.05, 0) is 19.1 Å². The summed E-state index contributed by atoms with van der Waals surface area (Å²) in [6, 6.07) is 5.99. The second-order valence-electron chi connectivity index (χ2n) is 2.29. The van der Waals surface area contributed by atoms with Crippen LogP contribution >= 0.6 is 0 Å². The van der Waals surface area contributed by atoms with Gasteiger partial charge < -0.3 is 0 Å². The minimum atomic E-state index is -4.02. The van der Waals surface area contributed by atoms with Crippen LogP contribution in [0.1, 0.15) is 5.56 Å². The quantitative estimate of drug-likeness (QED) is 0.601. The summed E-state index contributed by atoms with van der Waals surface area (Å²) in [5.41, 5.74) is 0.956. The third kappa shape index (κ3) is 3.11. The van der Waals surface area contributed by atoms with Crippen molar-refractivity contribution in [2.45, 2.75) is 11.8 Å². The summed E-state index contributed by atoms with van der Waals surface area (Å²) < 4.78 is 29.6. The molecule has 0 saturated heterocycles. The fourth-order valence-corrected chi connectivity index (χ4v) is 1.19. The first-order valence-corrected chi connectivity index (χ1v) is 4.48. The molecule has 5 heteroatoms. The SMILES string of the molecule is Cc1ccc(S(=O)(=O)O)cc1.[TeH2]. The number of hydrogen-bond donors (Lipinski definition) is 1. The molecular formula is C7H10O3STe. The molecular weight excluding hydrogens is 292 g/mol. The Bertz CT molecular complexity index is 341. The molecule has 0 aliphatic heterocycles. The Balaban J connectivity index is 0.00000121. The molecule has 0 spiro atoms. The van der Waals surface area contributed by atoms with Crippen LogP contribution in [0, 0.1) is 6.92 Å². The normalized spacial score (nSPS) is 10.5. The van der Waals surface area contributed by atoms with E-state index < -0.39 is 10.1 Å². The molecule has 0 bridgehead atoms. The third-order valence-electron chi connectivity index (χ3n) is 1.32. The first-order valence-electron chi connectivity index (χ1n) is 3.04. The van der Waals surface area contributed by atoms with Crippen molar-refractivity contribution >= 4 is 33.8 Å². The molecule has 1 rings (SSSR count). The van der Waals surface area contributed by atoms with Gasteiger partial charge in [-0.2, -0.15) is 8.42 Å². The van der Waals surface area contributed by atoms with E-state index in [-0.39, 0.29) is 28.6 Å². The van der Waals surface area contributed by atoms with E-state index in [0.29, 0.717) is 0 Å². The molecule has 12 heavy (non-hydrogen) atoms. The summed E-state index contributed by atoms with van der Waals surface area (Å²) in [5, 5.41) is 0. The Kier molecular flexibility index (Phi) is 4.21. The van der Waals surface area contributed by atoms with Gasteiger partial charge in [0, 0.05) is 0 Å². The average molecular weight is 302 g/mol. The van der Waals surface area contributed by atoms with E-state index in [4.69, 9.17) is 4.55 Å². The average Bonchev–Trinajstić information content (AvgIpc) is 1.86. The summed E-state index contributed by atoms with van der Waals surface area (Å²) >= 11 is 0. The summed E-state index contributed by atoms with van der Waals surface area (Å²) in [6.45, 7) is 1.84. The van der Waals surface area contributed by atoms with Crippen molar-refractivity contribution < 1.29 is 13.0 Å². The van der Waals surface area contributed by atoms with Crippen LogP contribution < -0.4 is 0 Å². The Morgan fingerprint density at radius 1 is 1.17 bits per heavy atom. The standard InChI is InChI=1S/C7H8O3S.H2Te/c1-6-2-4-7(5-3-6)11(8,9)10;/h2-5H,1H3,(H,8,9,10);1H2. The van der Waals surface area contributed by atoms with Gasteiger partial charge in [0.25, 0.3) is 10.1 Å². The Morgan fingerprint density at radius 3 is 1.92 bits per heavy atom. The molecule has 0 heterocycles. The Morgan fingerprint density at radius 2 is 1.58 bits per heavy atom. The van der Waals surface area contributed by atoms with E-state index >= 15 is 0 Å². The van der Waals surface area contributed by atoms with Gasteiger partial charge in [0.15, 0.2) is 0 Å². The van der Waals surface area contributed by atoms with Gasteiger partial charge in [-0.1, -0.05) is 17.7 Å². The zero-order chi connectivity index (χ0) is 8.48. The topological polar surface area (TPSA) is 54.4 Å². The first kappa shape index (κ1) is 11.9. The second kappa shape index (κ2) is 4.24. The molecule has 3 nitrogen and oxygen atoms in total. The fraction of sp³-hybridized carbons (Fsp3) is 0.143. The predicted octanol–water partition coefficient (Wildman–Crippen LogP) is 0.326. The van der Waals surface area contributed by atoms with Crippen molar-refractivity contribution in [2.24, 2.45) is 0 Å². The molecule has 1 aromatic rings. The maximum atomic E-state index is 10.5. The van der Waals surface area contributed by atoms with Crippen LogP contribution in [0.5, 0.6) is 0 Å². The molecule has 0 unspecified atom stereocenters. The van der Waals surface area contributed by atoms with Crippen LogP contribution in [0.2, 0.25) is 0 Å². The zero-order valence-electron chi connectivity index (χ0n) is 6.48. The number of benzene rings is 1. The number of hydrogen-bond acceptors (Lipinski definition) is 2. The fourth-order valence-electron chi connectivity index (χ4n) is 0.710. The van der Waals surface area contributed by atoms with Crippen molar-refractivity contribution in [2.75, 3.05) is 0 Å². The van der Waals surface area contributed by atoms with Crippen LogP contribution in [0.4, 0.5) is 0 Å². The summed E-state index contributed by atoms with van der Waals surface area (Å²) in [6.07, 6.45) is 0. The van der Waals surface area contributed by atoms with Crippen LogP contribution in [0.15, 0.2) is 29.2 Å². The van der Waals surface area contributed by atoms with E-state index in [1.54, 1.807) is 12.1 Å². The van der Waals surface area contributed by atoms with Crippen LogP contribution in [0.3, 0.4) is 0 Å². The Hall–Kier alpha value is -0.0804. The van der Waals surface area contributed by atoms with Gasteiger partial charge in [-0.15, -0.1) is 0 Å². The molecule has 0 atom stereocenters. The molecule has 0 fully saturated rings. The predicted molar refractivity (Wildman–Crippen MR) is 49.5 cm³/mol. The zero-order valence-corrected chi connectivity index (χ0v) is 10.2. The molecule has 0 aromatic heterocycles. The third-order valence-corrected chi connectivity index (χ3v) is 2.19. The summed E-state index contributed by atoms with van der Waals surface area (Å²) in [5.74, 6) is 0. The first-order chi connectivity index (χ1) is 5.00. The van der Waals surface area contributed by atoms with Gasteiger partial charge in [-0.25, -0.2) is 0 Å². The number of aryl methyl sites for hydroxylation is 1. The van der Waals surface area contributed by atoms with Crippen LogP contribution in [-0.4, -0.2) is 36.6 Å². The summed E-state index contributed by atoms with van der Waals surface area (Å²) in [7, 11) is -4.02. The van der Waals surface area contributed by atoms with E-state index in [1.165, 1.54) is 12.1 Å². The molecule has 0 radical (unpaired) electrons. The van der Waals surface area contributed by atoms with E-state index in [9.17, 15) is 8.42 Å². The molecule has 0 saturated carbocycles. The van der Waals surface area contributed by atoms with Gasteiger partial charge in [0.1, 0.15) is 0 Å². The van der Waals surface area contributed by atoms with Crippen LogP contribution in [0.25, 0.3) is 0 Å². The van der Waals surface area contributed by atoms with Gasteiger partial charge >= 0.3 is 23.7 Å². The molecule has 1 N–H and O–H groups in total. The molecule has 1 aromatic carbocycles. The van der Waals surface area contributed by atoms with Crippen molar-refractivity contribution in [1.29, 1.82) is 0 Å². The molecule has 68 valence electrons. The van der Waals surface area contributed by atoms with E-state index in [0.717, 1.165) is 5.56 Å². The monoisotopic (exact) mass is 304 g/mol. The van der Waals surface area contributed by atoms with Crippen molar-refractivity contribution in [3.05, 3.63) is 29.8 Å². The van der Waals surface area contributed by atoms with Gasteiger partial charge in [0.05, 0.1) is 4.90 Å². The second-order valence-corrected chi connectivity index (χ2v) is 3.71. The molecule has 0 aliphatic carbocycles. The van der Waals surface area contributed by atoms with E-state index in [1.807, 2.05) is 6.92 Å².